The molecule has 1 aromatic heterocycles. The van der Waals surface area contributed by atoms with Gasteiger partial charge in [0.15, 0.2) is 0 Å². The summed E-state index contributed by atoms with van der Waals surface area (Å²) in [5.41, 5.74) is 1.64. The summed E-state index contributed by atoms with van der Waals surface area (Å²) in [6.45, 7) is 2.86. The number of aromatic nitrogens is 2. The van der Waals surface area contributed by atoms with Crippen molar-refractivity contribution in [2.45, 2.75) is 31.6 Å². The molecule has 1 aliphatic heterocycles. The monoisotopic (exact) mass is 248 g/mol. The number of aromatic amines is 1. The molecule has 98 valence electrons. The summed E-state index contributed by atoms with van der Waals surface area (Å²) in [4.78, 5) is 11.9. The van der Waals surface area contributed by atoms with Crippen LogP contribution < -0.4 is 10.6 Å². The normalized spacial score (nSPS) is 23.9. The molecule has 2 fully saturated rings. The van der Waals surface area contributed by atoms with Crippen molar-refractivity contribution < 1.29 is 4.79 Å². The first kappa shape index (κ1) is 11.7. The van der Waals surface area contributed by atoms with Gasteiger partial charge in [0.1, 0.15) is 5.69 Å². The molecule has 1 aromatic rings. The SMILES string of the molecule is O=C(NCC1CCCNC1)c1cc(C2CC2)[nH]n1. The third-order valence-electron chi connectivity index (χ3n) is 3.80. The van der Waals surface area contributed by atoms with Gasteiger partial charge in [0.2, 0.25) is 0 Å². The van der Waals surface area contributed by atoms with Crippen LogP contribution in [0.4, 0.5) is 0 Å². The van der Waals surface area contributed by atoms with Gasteiger partial charge < -0.3 is 10.6 Å². The smallest absolute Gasteiger partial charge is 0.271 e. The zero-order valence-corrected chi connectivity index (χ0v) is 10.5. The van der Waals surface area contributed by atoms with Gasteiger partial charge in [-0.3, -0.25) is 9.89 Å². The van der Waals surface area contributed by atoms with Crippen LogP contribution in [-0.2, 0) is 0 Å². The molecule has 1 unspecified atom stereocenters. The van der Waals surface area contributed by atoms with Gasteiger partial charge in [-0.2, -0.15) is 5.10 Å². The number of amides is 1. The maximum atomic E-state index is 11.9. The second-order valence-electron chi connectivity index (χ2n) is 5.41. The lowest BCUT2D eigenvalue weighted by Crippen LogP contribution is -2.38. The Hall–Kier alpha value is -1.36. The summed E-state index contributed by atoms with van der Waals surface area (Å²) in [5.74, 6) is 1.12. The van der Waals surface area contributed by atoms with Gasteiger partial charge in [-0.1, -0.05) is 0 Å². The Morgan fingerprint density at radius 3 is 3.06 bits per heavy atom. The Morgan fingerprint density at radius 1 is 1.44 bits per heavy atom. The quantitative estimate of drug-likeness (QED) is 0.745. The lowest BCUT2D eigenvalue weighted by atomic mass is 10.00. The minimum atomic E-state index is -0.0521. The van der Waals surface area contributed by atoms with Crippen molar-refractivity contribution in [3.8, 4) is 0 Å². The maximum absolute atomic E-state index is 11.9. The van der Waals surface area contributed by atoms with E-state index in [1.807, 2.05) is 6.07 Å². The second-order valence-corrected chi connectivity index (χ2v) is 5.41. The van der Waals surface area contributed by atoms with Crippen LogP contribution in [0.5, 0.6) is 0 Å². The minimum Gasteiger partial charge on any atom is -0.350 e. The molecule has 5 nitrogen and oxygen atoms in total. The van der Waals surface area contributed by atoms with Crippen LogP contribution in [0.2, 0.25) is 0 Å². The van der Waals surface area contributed by atoms with Gasteiger partial charge in [0.05, 0.1) is 0 Å². The summed E-state index contributed by atoms with van der Waals surface area (Å²) in [6.07, 6.45) is 4.84. The number of nitrogens with zero attached hydrogens (tertiary/aromatic N) is 1. The Morgan fingerprint density at radius 2 is 2.33 bits per heavy atom. The average molecular weight is 248 g/mol. The highest BCUT2D eigenvalue weighted by atomic mass is 16.1. The molecule has 2 aliphatic rings. The first-order valence-corrected chi connectivity index (χ1v) is 6.87. The molecule has 3 rings (SSSR count). The van der Waals surface area contributed by atoms with E-state index in [2.05, 4.69) is 20.8 Å². The fourth-order valence-electron chi connectivity index (χ4n) is 2.48. The van der Waals surface area contributed by atoms with E-state index in [1.165, 1.54) is 25.7 Å². The highest BCUT2D eigenvalue weighted by molar-refractivity contribution is 5.92. The first-order chi connectivity index (χ1) is 8.83. The van der Waals surface area contributed by atoms with Crippen LogP contribution in [0.1, 0.15) is 47.8 Å². The van der Waals surface area contributed by atoms with Crippen LogP contribution in [0.3, 0.4) is 0 Å². The molecule has 1 atom stereocenters. The zero-order chi connectivity index (χ0) is 12.4. The first-order valence-electron chi connectivity index (χ1n) is 6.87. The van der Waals surface area contributed by atoms with Gasteiger partial charge in [-0.05, 0) is 50.8 Å². The number of hydrogen-bond donors (Lipinski definition) is 3. The Bertz CT molecular complexity index is 418. The molecular weight excluding hydrogens is 228 g/mol. The number of carbonyl (C=O) groups is 1. The van der Waals surface area contributed by atoms with Crippen molar-refractivity contribution in [3.05, 3.63) is 17.5 Å². The summed E-state index contributed by atoms with van der Waals surface area (Å²) in [5, 5.41) is 13.4. The third-order valence-corrected chi connectivity index (χ3v) is 3.80. The lowest BCUT2D eigenvalue weighted by molar-refractivity contribution is 0.0940. The van der Waals surface area contributed by atoms with E-state index in [0.29, 0.717) is 17.5 Å². The van der Waals surface area contributed by atoms with Crippen molar-refractivity contribution in [2.75, 3.05) is 19.6 Å². The standard InChI is InChI=1S/C13H20N4O/c18-13(15-8-9-2-1-5-14-7-9)12-6-11(16-17-12)10-3-4-10/h6,9-10,14H,1-5,7-8H2,(H,15,18)(H,16,17). The van der Waals surface area contributed by atoms with Gasteiger partial charge in [0.25, 0.3) is 5.91 Å². The molecule has 1 amide bonds. The van der Waals surface area contributed by atoms with Crippen LogP contribution in [0, 0.1) is 5.92 Å². The number of rotatable bonds is 4. The third kappa shape index (κ3) is 2.72. The summed E-state index contributed by atoms with van der Waals surface area (Å²) < 4.78 is 0. The highest BCUT2D eigenvalue weighted by Gasteiger charge is 2.26. The molecule has 1 aliphatic carbocycles. The number of H-pyrrole nitrogens is 1. The Balaban J connectivity index is 1.50. The van der Waals surface area contributed by atoms with E-state index in [4.69, 9.17) is 0 Å². The number of nitrogens with one attached hydrogen (secondary N) is 3. The predicted octanol–water partition coefficient (Wildman–Crippen LogP) is 1.02. The van der Waals surface area contributed by atoms with E-state index >= 15 is 0 Å². The lowest BCUT2D eigenvalue weighted by Gasteiger charge is -2.22. The molecule has 1 saturated heterocycles. The predicted molar refractivity (Wildman–Crippen MR) is 68.5 cm³/mol. The summed E-state index contributed by atoms with van der Waals surface area (Å²) >= 11 is 0. The van der Waals surface area contributed by atoms with E-state index in [9.17, 15) is 4.79 Å². The Labute approximate surface area is 107 Å². The summed E-state index contributed by atoms with van der Waals surface area (Å²) in [7, 11) is 0. The highest BCUT2D eigenvalue weighted by Crippen LogP contribution is 2.38. The van der Waals surface area contributed by atoms with Crippen molar-refractivity contribution in [2.24, 2.45) is 5.92 Å². The molecule has 0 bridgehead atoms. The van der Waals surface area contributed by atoms with E-state index < -0.39 is 0 Å². The number of carbonyl (C=O) groups excluding carboxylic acids is 1. The Kier molecular flexibility index (Phi) is 3.32. The summed E-state index contributed by atoms with van der Waals surface area (Å²) in [6, 6.07) is 1.89. The van der Waals surface area contributed by atoms with Crippen LogP contribution in [-0.4, -0.2) is 35.7 Å². The van der Waals surface area contributed by atoms with E-state index in [1.54, 1.807) is 0 Å². The van der Waals surface area contributed by atoms with Crippen LogP contribution >= 0.6 is 0 Å². The number of hydrogen-bond acceptors (Lipinski definition) is 3. The zero-order valence-electron chi connectivity index (χ0n) is 10.5. The van der Waals surface area contributed by atoms with Crippen molar-refractivity contribution in [1.29, 1.82) is 0 Å². The van der Waals surface area contributed by atoms with Crippen molar-refractivity contribution in [1.82, 2.24) is 20.8 Å². The molecule has 3 N–H and O–H groups in total. The van der Waals surface area contributed by atoms with Gasteiger partial charge >= 0.3 is 0 Å². The topological polar surface area (TPSA) is 69.8 Å². The molecule has 0 spiro atoms. The molecule has 1 saturated carbocycles. The maximum Gasteiger partial charge on any atom is 0.271 e. The van der Waals surface area contributed by atoms with Gasteiger partial charge in [0, 0.05) is 18.2 Å². The van der Waals surface area contributed by atoms with E-state index in [-0.39, 0.29) is 5.91 Å². The fraction of sp³-hybridized carbons (Fsp3) is 0.692. The number of piperidine rings is 1. The fourth-order valence-corrected chi connectivity index (χ4v) is 2.48. The minimum absolute atomic E-state index is 0.0521. The van der Waals surface area contributed by atoms with E-state index in [0.717, 1.165) is 25.3 Å². The molecule has 0 aromatic carbocycles. The molecule has 2 heterocycles. The van der Waals surface area contributed by atoms with Gasteiger partial charge in [-0.15, -0.1) is 0 Å². The van der Waals surface area contributed by atoms with Crippen LogP contribution in [0.25, 0.3) is 0 Å². The van der Waals surface area contributed by atoms with Crippen molar-refractivity contribution in [3.63, 3.8) is 0 Å². The molecule has 18 heavy (non-hydrogen) atoms. The second kappa shape index (κ2) is 5.10. The molecule has 0 radical (unpaired) electrons. The average Bonchev–Trinajstić information content (AvgIpc) is 3.15. The molecular formula is C13H20N4O. The van der Waals surface area contributed by atoms with Crippen molar-refractivity contribution >= 4 is 5.91 Å². The van der Waals surface area contributed by atoms with Gasteiger partial charge in [-0.25, -0.2) is 0 Å². The largest absolute Gasteiger partial charge is 0.350 e. The van der Waals surface area contributed by atoms with Crippen LogP contribution in [0.15, 0.2) is 6.07 Å². The molecule has 5 heteroatoms.